The Kier molecular flexibility index (Phi) is 8.01. The van der Waals surface area contributed by atoms with Gasteiger partial charge in [-0.1, -0.05) is 18.2 Å². The summed E-state index contributed by atoms with van der Waals surface area (Å²) in [6.07, 6.45) is -1.47. The van der Waals surface area contributed by atoms with E-state index in [1.807, 2.05) is 0 Å². The van der Waals surface area contributed by atoms with Crippen molar-refractivity contribution in [1.29, 1.82) is 0 Å². The summed E-state index contributed by atoms with van der Waals surface area (Å²) in [4.78, 5) is 0. The van der Waals surface area contributed by atoms with Crippen molar-refractivity contribution in [3.05, 3.63) is 76.4 Å². The van der Waals surface area contributed by atoms with Crippen molar-refractivity contribution in [2.75, 3.05) is 19.9 Å². The molecule has 1 aliphatic rings. The van der Waals surface area contributed by atoms with E-state index in [0.717, 1.165) is 18.2 Å². The van der Waals surface area contributed by atoms with E-state index in [1.54, 1.807) is 12.2 Å². The molecule has 2 aromatic carbocycles. The van der Waals surface area contributed by atoms with Crippen molar-refractivity contribution < 1.29 is 44.9 Å². The molecule has 1 fully saturated rings. The SMILES string of the molecule is Cc1ccc(C(F)(F)Oc2ccc(C3OCC(C/C=C\CCF)CO3)c(F)c2F)c(F)c1F. The van der Waals surface area contributed by atoms with Gasteiger partial charge in [0.05, 0.1) is 19.9 Å². The zero-order chi connectivity index (χ0) is 24.2. The molecule has 2 aromatic rings. The number of rotatable bonds is 8. The van der Waals surface area contributed by atoms with Gasteiger partial charge < -0.3 is 14.2 Å². The largest absolute Gasteiger partial charge is 0.429 e. The maximum absolute atomic E-state index is 14.6. The average molecular weight is 478 g/mol. The standard InChI is InChI=1S/C23H21F7O3/c1-13-6-8-16(20(27)18(13)25)23(29,30)33-17-9-7-15(19(26)21(17)28)22-31-11-14(12-32-22)5-3-2-4-10-24/h2-3,6-9,14,22H,4-5,10-12H2,1H3/b3-2-. The molecule has 0 atom stereocenters. The Morgan fingerprint density at radius 3 is 2.30 bits per heavy atom. The van der Waals surface area contributed by atoms with Crippen LogP contribution in [-0.2, 0) is 15.6 Å². The van der Waals surface area contributed by atoms with E-state index in [1.165, 1.54) is 6.92 Å². The lowest BCUT2D eigenvalue weighted by Crippen LogP contribution is -2.28. The van der Waals surface area contributed by atoms with E-state index >= 15 is 0 Å². The van der Waals surface area contributed by atoms with Crippen LogP contribution in [0.4, 0.5) is 30.7 Å². The number of hydrogen-bond acceptors (Lipinski definition) is 3. The molecule has 0 aromatic heterocycles. The molecular weight excluding hydrogens is 457 g/mol. The van der Waals surface area contributed by atoms with Crippen LogP contribution in [0, 0.1) is 36.1 Å². The zero-order valence-corrected chi connectivity index (χ0v) is 17.5. The topological polar surface area (TPSA) is 27.7 Å². The second-order valence-electron chi connectivity index (χ2n) is 7.51. The summed E-state index contributed by atoms with van der Waals surface area (Å²) in [6.45, 7) is 1.01. The highest BCUT2D eigenvalue weighted by molar-refractivity contribution is 5.34. The molecule has 180 valence electrons. The van der Waals surface area contributed by atoms with Crippen molar-refractivity contribution in [2.24, 2.45) is 5.92 Å². The lowest BCUT2D eigenvalue weighted by molar-refractivity contribution is -0.206. The van der Waals surface area contributed by atoms with Crippen LogP contribution >= 0.6 is 0 Å². The summed E-state index contributed by atoms with van der Waals surface area (Å²) < 4.78 is 112. The highest BCUT2D eigenvalue weighted by Crippen LogP contribution is 2.38. The summed E-state index contributed by atoms with van der Waals surface area (Å²) >= 11 is 0. The first-order valence-corrected chi connectivity index (χ1v) is 10.1. The first kappa shape index (κ1) is 25.0. The first-order chi connectivity index (χ1) is 15.7. The van der Waals surface area contributed by atoms with Crippen molar-refractivity contribution >= 4 is 0 Å². The zero-order valence-electron chi connectivity index (χ0n) is 17.5. The average Bonchev–Trinajstić information content (AvgIpc) is 2.79. The quantitative estimate of drug-likeness (QED) is 0.314. The number of ether oxygens (including phenoxy) is 3. The van der Waals surface area contributed by atoms with E-state index in [-0.39, 0.29) is 30.3 Å². The van der Waals surface area contributed by atoms with Gasteiger partial charge in [0.1, 0.15) is 5.56 Å². The molecule has 0 aliphatic carbocycles. The molecule has 10 heteroatoms. The predicted molar refractivity (Wildman–Crippen MR) is 104 cm³/mol. The number of hydrogen-bond donors (Lipinski definition) is 0. The molecular formula is C23H21F7O3. The van der Waals surface area contributed by atoms with Crippen molar-refractivity contribution in [2.45, 2.75) is 32.2 Å². The van der Waals surface area contributed by atoms with Crippen LogP contribution in [-0.4, -0.2) is 19.9 Å². The van der Waals surface area contributed by atoms with Gasteiger partial charge in [-0.3, -0.25) is 4.39 Å². The molecule has 0 saturated carbocycles. The Labute approximate surface area is 185 Å². The van der Waals surface area contributed by atoms with Gasteiger partial charge in [0.25, 0.3) is 0 Å². The molecule has 33 heavy (non-hydrogen) atoms. The molecule has 3 rings (SSSR count). The fraction of sp³-hybridized carbons (Fsp3) is 0.391. The van der Waals surface area contributed by atoms with Crippen LogP contribution in [0.5, 0.6) is 5.75 Å². The lowest BCUT2D eigenvalue weighted by atomic mass is 10.1. The summed E-state index contributed by atoms with van der Waals surface area (Å²) in [7, 11) is 0. The Morgan fingerprint density at radius 2 is 1.64 bits per heavy atom. The molecule has 0 bridgehead atoms. The number of benzene rings is 2. The minimum Gasteiger partial charge on any atom is -0.426 e. The van der Waals surface area contributed by atoms with Gasteiger partial charge in [0, 0.05) is 11.5 Å². The van der Waals surface area contributed by atoms with Gasteiger partial charge in [-0.15, -0.1) is 0 Å². The predicted octanol–water partition coefficient (Wildman–Crippen LogP) is 6.65. The van der Waals surface area contributed by atoms with Crippen molar-refractivity contribution in [3.63, 3.8) is 0 Å². The normalized spacial score (nSPS) is 19.3. The van der Waals surface area contributed by atoms with Crippen LogP contribution < -0.4 is 4.74 Å². The molecule has 1 aliphatic heterocycles. The van der Waals surface area contributed by atoms with Gasteiger partial charge in [0.15, 0.2) is 29.5 Å². The maximum Gasteiger partial charge on any atom is 0.429 e. The molecule has 1 saturated heterocycles. The van der Waals surface area contributed by atoms with E-state index in [0.29, 0.717) is 18.9 Å². The summed E-state index contributed by atoms with van der Waals surface area (Å²) in [5.74, 6) is -7.92. The Morgan fingerprint density at radius 1 is 0.939 bits per heavy atom. The molecule has 1 heterocycles. The smallest absolute Gasteiger partial charge is 0.426 e. The Balaban J connectivity index is 1.71. The summed E-state index contributed by atoms with van der Waals surface area (Å²) in [6, 6.07) is 3.18. The molecule has 3 nitrogen and oxygen atoms in total. The molecule has 0 radical (unpaired) electrons. The second-order valence-corrected chi connectivity index (χ2v) is 7.51. The fourth-order valence-corrected chi connectivity index (χ4v) is 3.20. The van der Waals surface area contributed by atoms with E-state index < -0.39 is 53.7 Å². The second kappa shape index (κ2) is 10.6. The lowest BCUT2D eigenvalue weighted by Gasteiger charge is -2.29. The third-order valence-electron chi connectivity index (χ3n) is 5.04. The van der Waals surface area contributed by atoms with Gasteiger partial charge >= 0.3 is 6.11 Å². The Bertz CT molecular complexity index is 1000. The van der Waals surface area contributed by atoms with Crippen molar-refractivity contribution in [3.8, 4) is 5.75 Å². The van der Waals surface area contributed by atoms with E-state index in [9.17, 15) is 30.7 Å². The molecule has 0 spiro atoms. The van der Waals surface area contributed by atoms with E-state index in [4.69, 9.17) is 9.47 Å². The van der Waals surface area contributed by atoms with Gasteiger partial charge in [-0.25, -0.2) is 13.2 Å². The van der Waals surface area contributed by atoms with E-state index in [2.05, 4.69) is 4.74 Å². The fourth-order valence-electron chi connectivity index (χ4n) is 3.20. The van der Waals surface area contributed by atoms with Crippen LogP contribution in [0.3, 0.4) is 0 Å². The highest BCUT2D eigenvalue weighted by atomic mass is 19.3. The highest BCUT2D eigenvalue weighted by Gasteiger charge is 2.40. The number of halogens is 7. The number of allylic oxidation sites excluding steroid dienone is 2. The Hall–Kier alpha value is -2.59. The first-order valence-electron chi connectivity index (χ1n) is 10.1. The molecule has 0 N–H and O–H groups in total. The maximum atomic E-state index is 14.6. The number of alkyl halides is 3. The van der Waals surface area contributed by atoms with Gasteiger partial charge in [-0.2, -0.15) is 13.2 Å². The van der Waals surface area contributed by atoms with Crippen LogP contribution in [0.15, 0.2) is 36.4 Å². The van der Waals surface area contributed by atoms with Crippen LogP contribution in [0.1, 0.15) is 35.8 Å². The van der Waals surface area contributed by atoms with Gasteiger partial charge in [0.2, 0.25) is 5.82 Å². The minimum atomic E-state index is -4.48. The summed E-state index contributed by atoms with van der Waals surface area (Å²) in [5, 5.41) is 0. The van der Waals surface area contributed by atoms with Crippen molar-refractivity contribution in [1.82, 2.24) is 0 Å². The monoisotopic (exact) mass is 478 g/mol. The minimum absolute atomic E-state index is 0.0730. The third-order valence-corrected chi connectivity index (χ3v) is 5.04. The molecule has 0 unspecified atom stereocenters. The van der Waals surface area contributed by atoms with Crippen LogP contribution in [0.25, 0.3) is 0 Å². The van der Waals surface area contributed by atoms with Gasteiger partial charge in [-0.05, 0) is 43.5 Å². The number of aryl methyl sites for hydroxylation is 1. The summed E-state index contributed by atoms with van der Waals surface area (Å²) in [5.41, 5.74) is -2.04. The van der Waals surface area contributed by atoms with Crippen LogP contribution in [0.2, 0.25) is 0 Å². The molecule has 0 amide bonds. The third kappa shape index (κ3) is 5.67.